The van der Waals surface area contributed by atoms with Crippen molar-refractivity contribution in [2.45, 2.75) is 88.2 Å². The van der Waals surface area contributed by atoms with Crippen LogP contribution in [0.3, 0.4) is 0 Å². The number of anilines is 1. The summed E-state index contributed by atoms with van der Waals surface area (Å²) in [5, 5.41) is 18.3. The van der Waals surface area contributed by atoms with Crippen LogP contribution in [0.25, 0.3) is 10.2 Å². The van der Waals surface area contributed by atoms with Crippen molar-refractivity contribution in [2.24, 2.45) is 5.92 Å². The van der Waals surface area contributed by atoms with Crippen LogP contribution in [0, 0.1) is 11.7 Å². The van der Waals surface area contributed by atoms with Gasteiger partial charge in [-0.1, -0.05) is 43.9 Å². The Morgan fingerprint density at radius 3 is 2.71 bits per heavy atom. The summed E-state index contributed by atoms with van der Waals surface area (Å²) in [4.78, 5) is 17.6. The summed E-state index contributed by atoms with van der Waals surface area (Å²) in [6, 6.07) is 10.1. The molecule has 1 saturated heterocycles. The van der Waals surface area contributed by atoms with Gasteiger partial charge in [-0.25, -0.2) is 22.6 Å². The molecule has 0 bridgehead atoms. The Kier molecular flexibility index (Phi) is 13.0. The van der Waals surface area contributed by atoms with E-state index in [1.54, 1.807) is 18.2 Å². The fraction of sp³-hybridized carbons (Fsp3) is 0.543. The molecule has 1 amide bonds. The van der Waals surface area contributed by atoms with Crippen molar-refractivity contribution in [1.29, 1.82) is 0 Å². The lowest BCUT2D eigenvalue weighted by molar-refractivity contribution is -0.157. The second kappa shape index (κ2) is 17.2. The van der Waals surface area contributed by atoms with E-state index in [4.69, 9.17) is 14.2 Å². The number of alkyl carbamates (subject to hydrolysis) is 1. The molecule has 49 heavy (non-hydrogen) atoms. The van der Waals surface area contributed by atoms with Gasteiger partial charge in [0.2, 0.25) is 10.0 Å². The molecule has 268 valence electrons. The Morgan fingerprint density at radius 2 is 2.00 bits per heavy atom. The summed E-state index contributed by atoms with van der Waals surface area (Å²) in [6.07, 6.45) is 3.08. The van der Waals surface area contributed by atoms with E-state index in [-0.39, 0.29) is 49.8 Å². The number of benzene rings is 2. The first-order valence-electron chi connectivity index (χ1n) is 16.9. The van der Waals surface area contributed by atoms with Crippen LogP contribution in [-0.4, -0.2) is 86.3 Å². The molecule has 1 aromatic heterocycles. The minimum absolute atomic E-state index is 0.0220. The average Bonchev–Trinajstić information content (AvgIpc) is 3.78. The van der Waals surface area contributed by atoms with Gasteiger partial charge in [0, 0.05) is 32.2 Å². The third-order valence-corrected chi connectivity index (χ3v) is 11.1. The van der Waals surface area contributed by atoms with Gasteiger partial charge in [-0.3, -0.25) is 0 Å². The zero-order chi connectivity index (χ0) is 35.0. The molecule has 2 aromatic carbocycles. The lowest BCUT2D eigenvalue weighted by Crippen LogP contribution is -2.51. The molecule has 2 heterocycles. The second-order valence-electron chi connectivity index (χ2n) is 13.2. The Balaban J connectivity index is 1.25. The van der Waals surface area contributed by atoms with Crippen molar-refractivity contribution in [3.8, 4) is 0 Å². The summed E-state index contributed by atoms with van der Waals surface area (Å²) in [5.74, 6) is -0.532. The van der Waals surface area contributed by atoms with E-state index in [2.05, 4.69) is 22.2 Å². The number of amides is 1. The molecule has 5 rings (SSSR count). The number of carbonyl (C=O) groups is 1. The summed E-state index contributed by atoms with van der Waals surface area (Å²) < 4.78 is 60.8. The first-order valence-corrected chi connectivity index (χ1v) is 19.1. The van der Waals surface area contributed by atoms with E-state index < -0.39 is 34.1 Å². The first kappa shape index (κ1) is 37.1. The normalized spacial score (nSPS) is 18.0. The smallest absolute Gasteiger partial charge is 0.407 e. The van der Waals surface area contributed by atoms with Crippen LogP contribution >= 0.6 is 11.3 Å². The molecular weight excluding hydrogens is 672 g/mol. The second-order valence-corrected chi connectivity index (χ2v) is 16.1. The minimum Gasteiger partial charge on any atom is -0.449 e. The van der Waals surface area contributed by atoms with Gasteiger partial charge < -0.3 is 30.0 Å². The largest absolute Gasteiger partial charge is 0.449 e. The summed E-state index contributed by atoms with van der Waals surface area (Å²) in [5.41, 5.74) is 1.96. The standard InChI is InChI=1S/C35H47FN4O7S2/c1-23(2)20-40(49(43,44)28-12-13-29-32(19-28)48-34(38-29)37-27-10-11-27)21-31(41)30(18-25-7-6-8-26(36)17-25)39-35(42)46-16-14-24(3)22-47-33-9-4-5-15-45-33/h6-8,12-13,17,19,23,27,30-31,33,41H,3-5,9-11,14-16,18,20-22H2,1-2H3,(H,37,38)(H,39,42)/t30-,31+,33-/m0/s1. The van der Waals surface area contributed by atoms with E-state index >= 15 is 0 Å². The van der Waals surface area contributed by atoms with Crippen LogP contribution in [0.15, 0.2) is 59.5 Å². The van der Waals surface area contributed by atoms with E-state index in [0.717, 1.165) is 47.5 Å². The SMILES string of the molecule is C=C(CCOC(=O)N[C@@H](Cc1cccc(F)c1)[C@H](O)CN(CC(C)C)S(=O)(=O)c1ccc2nc(NC3CC3)sc2c1)CO[C@H]1CCCCO1. The zero-order valence-corrected chi connectivity index (χ0v) is 29.7. The van der Waals surface area contributed by atoms with Crippen molar-refractivity contribution in [3.63, 3.8) is 0 Å². The number of nitrogens with zero attached hydrogens (tertiary/aromatic N) is 2. The summed E-state index contributed by atoms with van der Waals surface area (Å²) >= 11 is 1.40. The number of sulfonamides is 1. The molecule has 11 nitrogen and oxygen atoms in total. The number of thiazole rings is 1. The third kappa shape index (κ3) is 11.2. The van der Waals surface area contributed by atoms with Crippen molar-refractivity contribution in [1.82, 2.24) is 14.6 Å². The van der Waals surface area contributed by atoms with Gasteiger partial charge in [0.05, 0.1) is 40.5 Å². The number of ether oxygens (including phenoxy) is 3. The molecule has 1 aliphatic heterocycles. The molecule has 3 aromatic rings. The molecule has 0 unspecified atom stereocenters. The lowest BCUT2D eigenvalue weighted by atomic mass is 10.0. The van der Waals surface area contributed by atoms with Crippen molar-refractivity contribution >= 4 is 42.8 Å². The van der Waals surface area contributed by atoms with Gasteiger partial charge >= 0.3 is 6.09 Å². The summed E-state index contributed by atoms with van der Waals surface area (Å²) in [7, 11) is -4.07. The number of nitrogens with one attached hydrogen (secondary N) is 2. The molecule has 0 spiro atoms. The maximum absolute atomic E-state index is 14.1. The maximum Gasteiger partial charge on any atom is 0.407 e. The minimum atomic E-state index is -4.07. The van der Waals surface area contributed by atoms with E-state index in [9.17, 15) is 22.7 Å². The van der Waals surface area contributed by atoms with E-state index in [1.165, 1.54) is 39.9 Å². The molecule has 14 heteroatoms. The number of halogens is 1. The fourth-order valence-electron chi connectivity index (χ4n) is 5.50. The van der Waals surface area contributed by atoms with Crippen LogP contribution in [0.4, 0.5) is 14.3 Å². The highest BCUT2D eigenvalue weighted by Gasteiger charge is 2.32. The van der Waals surface area contributed by atoms with Crippen LogP contribution in [-0.2, 0) is 30.7 Å². The first-order chi connectivity index (χ1) is 23.5. The van der Waals surface area contributed by atoms with Gasteiger partial charge in [0.1, 0.15) is 5.82 Å². The Labute approximate surface area is 291 Å². The Bertz CT molecular complexity index is 1680. The number of rotatable bonds is 18. The highest BCUT2D eigenvalue weighted by atomic mass is 32.2. The molecule has 0 radical (unpaired) electrons. The number of fused-ring (bicyclic) bond motifs is 1. The highest BCUT2D eigenvalue weighted by Crippen LogP contribution is 2.33. The molecule has 1 saturated carbocycles. The van der Waals surface area contributed by atoms with Gasteiger partial charge in [-0.05, 0) is 85.9 Å². The highest BCUT2D eigenvalue weighted by molar-refractivity contribution is 7.89. The quantitative estimate of drug-likeness (QED) is 0.138. The van der Waals surface area contributed by atoms with Crippen molar-refractivity contribution in [3.05, 3.63) is 66.0 Å². The monoisotopic (exact) mass is 718 g/mol. The van der Waals surface area contributed by atoms with Crippen LogP contribution in [0.2, 0.25) is 0 Å². The van der Waals surface area contributed by atoms with Crippen LogP contribution < -0.4 is 10.6 Å². The predicted molar refractivity (Wildman–Crippen MR) is 188 cm³/mol. The summed E-state index contributed by atoms with van der Waals surface area (Å²) in [6.45, 7) is 8.55. The number of aliphatic hydroxyl groups is 1. The van der Waals surface area contributed by atoms with Crippen LogP contribution in [0.1, 0.15) is 57.9 Å². The molecule has 3 N–H and O–H groups in total. The van der Waals surface area contributed by atoms with Gasteiger partial charge in [0.15, 0.2) is 11.4 Å². The molecule has 2 fully saturated rings. The average molecular weight is 719 g/mol. The lowest BCUT2D eigenvalue weighted by Gasteiger charge is -2.30. The predicted octanol–water partition coefficient (Wildman–Crippen LogP) is 5.84. The molecule has 3 atom stereocenters. The number of hydrogen-bond acceptors (Lipinski definition) is 10. The zero-order valence-electron chi connectivity index (χ0n) is 28.1. The number of aliphatic hydroxyl groups excluding tert-OH is 1. The molecule has 2 aliphatic rings. The Hall–Kier alpha value is -3.14. The van der Waals surface area contributed by atoms with Crippen LogP contribution in [0.5, 0.6) is 0 Å². The van der Waals surface area contributed by atoms with Gasteiger partial charge in [-0.2, -0.15) is 4.31 Å². The van der Waals surface area contributed by atoms with Gasteiger partial charge in [0.25, 0.3) is 0 Å². The fourth-order valence-corrected chi connectivity index (χ4v) is 8.21. The third-order valence-electron chi connectivity index (χ3n) is 8.27. The van der Waals surface area contributed by atoms with Crippen molar-refractivity contribution in [2.75, 3.05) is 38.2 Å². The topological polar surface area (TPSA) is 139 Å². The molecule has 1 aliphatic carbocycles. The number of hydrogen-bond donors (Lipinski definition) is 3. The Morgan fingerprint density at radius 1 is 1.18 bits per heavy atom. The number of carbonyl (C=O) groups excluding carboxylic acids is 1. The van der Waals surface area contributed by atoms with E-state index in [0.29, 0.717) is 30.1 Å². The number of aromatic nitrogens is 1. The van der Waals surface area contributed by atoms with Gasteiger partial charge in [-0.15, -0.1) is 0 Å². The maximum atomic E-state index is 14.1. The van der Waals surface area contributed by atoms with Crippen molar-refractivity contribution < 1.29 is 36.9 Å². The molecular formula is C35H47FN4O7S2. The van der Waals surface area contributed by atoms with E-state index in [1.807, 2.05) is 13.8 Å².